The molecule has 0 radical (unpaired) electrons. The molecule has 6 heteroatoms. The van der Waals surface area contributed by atoms with Gasteiger partial charge >= 0.3 is 0 Å². The van der Waals surface area contributed by atoms with Gasteiger partial charge in [-0.15, -0.1) is 10.2 Å². The van der Waals surface area contributed by atoms with Gasteiger partial charge in [0.1, 0.15) is 0 Å². The average Bonchev–Trinajstić information content (AvgIpc) is 2.84. The fourth-order valence-electron chi connectivity index (χ4n) is 1.54. The lowest BCUT2D eigenvalue weighted by molar-refractivity contribution is 0.541. The molecule has 0 aromatic carbocycles. The summed E-state index contributed by atoms with van der Waals surface area (Å²) >= 11 is 3.35. The summed E-state index contributed by atoms with van der Waals surface area (Å²) in [5, 5.41) is 11.5. The van der Waals surface area contributed by atoms with E-state index in [1.807, 2.05) is 17.6 Å². The fourth-order valence-corrected chi connectivity index (χ4v) is 1.96. The van der Waals surface area contributed by atoms with Crippen molar-refractivity contribution in [2.45, 2.75) is 20.4 Å². The number of hydrogen-bond donors (Lipinski definition) is 1. The quantitative estimate of drug-likeness (QED) is 0.938. The van der Waals surface area contributed by atoms with E-state index in [1.54, 1.807) is 6.26 Å². The van der Waals surface area contributed by atoms with E-state index < -0.39 is 0 Å². The Morgan fingerprint density at radius 2 is 2.25 bits per heavy atom. The summed E-state index contributed by atoms with van der Waals surface area (Å²) < 4.78 is 7.89. The molecule has 2 aromatic heterocycles. The van der Waals surface area contributed by atoms with Gasteiger partial charge in [0.15, 0.2) is 10.5 Å². The van der Waals surface area contributed by atoms with Crippen LogP contribution in [0.3, 0.4) is 0 Å². The van der Waals surface area contributed by atoms with E-state index >= 15 is 0 Å². The largest absolute Gasteiger partial charge is 0.457 e. The molecule has 0 saturated carbocycles. The highest BCUT2D eigenvalue weighted by atomic mass is 79.9. The SMILES string of the molecule is CCNc1nnc(-c2ccoc2Br)n1CC. The number of nitrogens with zero attached hydrogens (tertiary/aromatic N) is 3. The third kappa shape index (κ3) is 1.84. The van der Waals surface area contributed by atoms with Crippen LogP contribution in [0.5, 0.6) is 0 Å². The smallest absolute Gasteiger partial charge is 0.224 e. The Bertz CT molecular complexity index is 477. The summed E-state index contributed by atoms with van der Waals surface area (Å²) in [4.78, 5) is 0. The first kappa shape index (κ1) is 11.2. The molecule has 2 heterocycles. The van der Waals surface area contributed by atoms with Gasteiger partial charge in [-0.05, 0) is 35.8 Å². The third-order valence-electron chi connectivity index (χ3n) is 2.26. The van der Waals surface area contributed by atoms with Crippen molar-refractivity contribution in [2.75, 3.05) is 11.9 Å². The minimum atomic E-state index is 0.678. The van der Waals surface area contributed by atoms with Gasteiger partial charge in [-0.1, -0.05) is 0 Å². The molecule has 0 amide bonds. The minimum absolute atomic E-state index is 0.678. The van der Waals surface area contributed by atoms with E-state index in [-0.39, 0.29) is 0 Å². The summed E-state index contributed by atoms with van der Waals surface area (Å²) in [7, 11) is 0. The number of halogens is 1. The zero-order valence-electron chi connectivity index (χ0n) is 9.20. The minimum Gasteiger partial charge on any atom is -0.457 e. The number of hydrogen-bond acceptors (Lipinski definition) is 4. The van der Waals surface area contributed by atoms with Crippen molar-refractivity contribution in [3.8, 4) is 11.4 Å². The summed E-state index contributed by atoms with van der Waals surface area (Å²) in [6, 6.07) is 1.87. The van der Waals surface area contributed by atoms with Crippen LogP contribution < -0.4 is 5.32 Å². The Kier molecular flexibility index (Phi) is 3.28. The summed E-state index contributed by atoms with van der Waals surface area (Å²) in [5.41, 5.74) is 0.915. The number of rotatable bonds is 4. The summed E-state index contributed by atoms with van der Waals surface area (Å²) in [6.45, 7) is 5.72. The van der Waals surface area contributed by atoms with Crippen LogP contribution in [0.4, 0.5) is 5.95 Å². The molecular formula is C10H13BrN4O. The second-order valence-corrected chi connectivity index (χ2v) is 3.95. The molecule has 0 fully saturated rings. The van der Waals surface area contributed by atoms with Gasteiger partial charge in [0.2, 0.25) is 5.95 Å². The van der Waals surface area contributed by atoms with Gasteiger partial charge in [-0.2, -0.15) is 0 Å². The van der Waals surface area contributed by atoms with E-state index in [9.17, 15) is 0 Å². The van der Waals surface area contributed by atoms with Crippen molar-refractivity contribution in [3.05, 3.63) is 17.0 Å². The molecule has 1 N–H and O–H groups in total. The molecule has 0 saturated heterocycles. The number of furan rings is 1. The van der Waals surface area contributed by atoms with Gasteiger partial charge < -0.3 is 9.73 Å². The molecule has 0 atom stereocenters. The number of nitrogens with one attached hydrogen (secondary N) is 1. The van der Waals surface area contributed by atoms with Gasteiger partial charge in [0, 0.05) is 13.1 Å². The molecule has 5 nitrogen and oxygen atoms in total. The summed E-state index contributed by atoms with van der Waals surface area (Å²) in [5.74, 6) is 1.59. The molecule has 0 aliphatic heterocycles. The van der Waals surface area contributed by atoms with Crippen LogP contribution in [0.1, 0.15) is 13.8 Å². The van der Waals surface area contributed by atoms with Crippen molar-refractivity contribution in [1.82, 2.24) is 14.8 Å². The predicted octanol–water partition coefficient (Wildman–Crippen LogP) is 2.75. The van der Waals surface area contributed by atoms with Crippen LogP contribution in [0, 0.1) is 0 Å². The first-order valence-corrected chi connectivity index (χ1v) is 5.97. The normalized spacial score (nSPS) is 10.7. The van der Waals surface area contributed by atoms with Gasteiger partial charge in [-0.3, -0.25) is 4.57 Å². The maximum atomic E-state index is 5.20. The molecule has 2 aromatic rings. The van der Waals surface area contributed by atoms with Crippen molar-refractivity contribution >= 4 is 21.9 Å². The first-order chi connectivity index (χ1) is 7.77. The van der Waals surface area contributed by atoms with Gasteiger partial charge in [-0.25, -0.2) is 0 Å². The maximum Gasteiger partial charge on any atom is 0.224 e. The molecule has 16 heavy (non-hydrogen) atoms. The van der Waals surface area contributed by atoms with Crippen LogP contribution >= 0.6 is 15.9 Å². The van der Waals surface area contributed by atoms with E-state index in [1.165, 1.54) is 0 Å². The lowest BCUT2D eigenvalue weighted by Gasteiger charge is -2.06. The molecule has 86 valence electrons. The maximum absolute atomic E-state index is 5.20. The lowest BCUT2D eigenvalue weighted by atomic mass is 10.3. The Morgan fingerprint density at radius 1 is 1.44 bits per heavy atom. The third-order valence-corrected chi connectivity index (χ3v) is 2.87. The highest BCUT2D eigenvalue weighted by Crippen LogP contribution is 2.29. The molecule has 2 rings (SSSR count). The molecular weight excluding hydrogens is 272 g/mol. The van der Waals surface area contributed by atoms with Crippen LogP contribution in [-0.2, 0) is 6.54 Å². The topological polar surface area (TPSA) is 55.9 Å². The van der Waals surface area contributed by atoms with Crippen LogP contribution in [0.15, 0.2) is 21.4 Å². The van der Waals surface area contributed by atoms with Crippen LogP contribution in [0.25, 0.3) is 11.4 Å². The van der Waals surface area contributed by atoms with E-state index in [4.69, 9.17) is 4.42 Å². The average molecular weight is 285 g/mol. The standard InChI is InChI=1S/C10H13BrN4O/c1-3-12-10-14-13-9(15(10)4-2)7-5-6-16-8(7)11/h5-6H,3-4H2,1-2H3,(H,12,14). The predicted molar refractivity (Wildman–Crippen MR) is 65.3 cm³/mol. The number of aromatic nitrogens is 3. The Labute approximate surface area is 102 Å². The Morgan fingerprint density at radius 3 is 2.81 bits per heavy atom. The lowest BCUT2D eigenvalue weighted by Crippen LogP contribution is -2.06. The van der Waals surface area contributed by atoms with Crippen LogP contribution in [0.2, 0.25) is 0 Å². The molecule has 0 unspecified atom stereocenters. The van der Waals surface area contributed by atoms with Gasteiger partial charge in [0.05, 0.1) is 11.8 Å². The Hall–Kier alpha value is -1.30. The Balaban J connectivity index is 2.46. The van der Waals surface area contributed by atoms with Gasteiger partial charge in [0.25, 0.3) is 0 Å². The highest BCUT2D eigenvalue weighted by Gasteiger charge is 2.15. The fraction of sp³-hybridized carbons (Fsp3) is 0.400. The molecule has 0 aliphatic carbocycles. The van der Waals surface area contributed by atoms with Crippen molar-refractivity contribution < 1.29 is 4.42 Å². The zero-order valence-corrected chi connectivity index (χ0v) is 10.8. The molecule has 0 spiro atoms. The van der Waals surface area contributed by atoms with E-state index in [0.717, 1.165) is 30.4 Å². The second kappa shape index (κ2) is 4.69. The monoisotopic (exact) mass is 284 g/mol. The molecule has 0 bridgehead atoms. The zero-order chi connectivity index (χ0) is 11.5. The highest BCUT2D eigenvalue weighted by molar-refractivity contribution is 9.10. The first-order valence-electron chi connectivity index (χ1n) is 5.18. The van der Waals surface area contributed by atoms with E-state index in [0.29, 0.717) is 4.67 Å². The second-order valence-electron chi connectivity index (χ2n) is 3.23. The van der Waals surface area contributed by atoms with Crippen molar-refractivity contribution in [2.24, 2.45) is 0 Å². The molecule has 0 aliphatic rings. The van der Waals surface area contributed by atoms with Crippen molar-refractivity contribution in [3.63, 3.8) is 0 Å². The summed E-state index contributed by atoms with van der Waals surface area (Å²) in [6.07, 6.45) is 1.63. The number of anilines is 1. The van der Waals surface area contributed by atoms with Crippen LogP contribution in [-0.4, -0.2) is 21.3 Å². The van der Waals surface area contributed by atoms with E-state index in [2.05, 4.69) is 38.4 Å². The van der Waals surface area contributed by atoms with Crippen molar-refractivity contribution in [1.29, 1.82) is 0 Å².